The predicted molar refractivity (Wildman–Crippen MR) is 100 cm³/mol. The molecule has 0 unspecified atom stereocenters. The maximum atomic E-state index is 12.6. The quantitative estimate of drug-likeness (QED) is 0.746. The molecule has 8 nitrogen and oxygen atoms in total. The predicted octanol–water partition coefficient (Wildman–Crippen LogP) is 3.13. The second-order valence-corrected chi connectivity index (χ2v) is 6.83. The van der Waals surface area contributed by atoms with E-state index in [-0.39, 0.29) is 23.4 Å². The Morgan fingerprint density at radius 2 is 2.00 bits per heavy atom. The lowest BCUT2D eigenvalue weighted by Crippen LogP contribution is -2.41. The van der Waals surface area contributed by atoms with E-state index < -0.39 is 0 Å². The minimum absolute atomic E-state index is 0.0632. The molecular weight excluding hydrogens is 360 g/mol. The number of nitrogens with one attached hydrogen (secondary N) is 1. The summed E-state index contributed by atoms with van der Waals surface area (Å²) in [5.41, 5.74) is 1.27. The van der Waals surface area contributed by atoms with Crippen molar-refractivity contribution in [3.8, 4) is 11.5 Å². The minimum Gasteiger partial charge on any atom is -0.461 e. The van der Waals surface area contributed by atoms with E-state index in [4.69, 9.17) is 8.94 Å². The molecule has 8 heteroatoms. The Morgan fingerprint density at radius 3 is 2.71 bits per heavy atom. The first-order chi connectivity index (χ1) is 13.6. The highest BCUT2D eigenvalue weighted by Gasteiger charge is 2.29. The monoisotopic (exact) mass is 380 g/mol. The van der Waals surface area contributed by atoms with Gasteiger partial charge in [0, 0.05) is 31.3 Å². The molecule has 1 fully saturated rings. The van der Waals surface area contributed by atoms with Crippen molar-refractivity contribution in [1.82, 2.24) is 15.0 Å². The summed E-state index contributed by atoms with van der Waals surface area (Å²) in [4.78, 5) is 31.0. The van der Waals surface area contributed by atoms with Gasteiger partial charge < -0.3 is 19.2 Å². The fourth-order valence-corrected chi connectivity index (χ4v) is 3.25. The average molecular weight is 380 g/mol. The second-order valence-electron chi connectivity index (χ2n) is 6.83. The van der Waals surface area contributed by atoms with Gasteiger partial charge in [-0.05, 0) is 49.6 Å². The van der Waals surface area contributed by atoms with Crippen LogP contribution in [0.5, 0.6) is 0 Å². The van der Waals surface area contributed by atoms with E-state index in [1.807, 2.05) is 19.1 Å². The van der Waals surface area contributed by atoms with Crippen molar-refractivity contribution in [3.63, 3.8) is 0 Å². The van der Waals surface area contributed by atoms with Gasteiger partial charge in [0.15, 0.2) is 11.5 Å². The number of nitrogens with zero attached hydrogens (tertiary/aromatic N) is 3. The van der Waals surface area contributed by atoms with Crippen LogP contribution >= 0.6 is 0 Å². The third-order valence-corrected chi connectivity index (χ3v) is 4.81. The van der Waals surface area contributed by atoms with Crippen molar-refractivity contribution < 1.29 is 18.5 Å². The lowest BCUT2D eigenvalue weighted by molar-refractivity contribution is -0.121. The highest BCUT2D eigenvalue weighted by molar-refractivity contribution is 5.94. The number of amides is 2. The molecule has 2 amide bonds. The Kier molecular flexibility index (Phi) is 4.92. The van der Waals surface area contributed by atoms with Gasteiger partial charge in [-0.15, -0.1) is 0 Å². The van der Waals surface area contributed by atoms with E-state index in [0.717, 1.165) is 5.56 Å². The molecule has 0 aliphatic carbocycles. The molecule has 0 spiro atoms. The van der Waals surface area contributed by atoms with E-state index in [1.165, 1.54) is 6.26 Å². The molecule has 0 aromatic carbocycles. The molecule has 4 rings (SSSR count). The van der Waals surface area contributed by atoms with Crippen molar-refractivity contribution in [2.24, 2.45) is 5.92 Å². The Balaban J connectivity index is 1.33. The average Bonchev–Trinajstić information content (AvgIpc) is 3.39. The first kappa shape index (κ1) is 18.0. The van der Waals surface area contributed by atoms with Gasteiger partial charge in [0.2, 0.25) is 11.7 Å². The number of likely N-dealkylation sites (tertiary alicyclic amines) is 1. The molecule has 144 valence electrons. The van der Waals surface area contributed by atoms with E-state index in [2.05, 4.69) is 15.5 Å². The van der Waals surface area contributed by atoms with Crippen molar-refractivity contribution in [3.05, 3.63) is 54.0 Å². The Bertz CT molecular complexity index is 972. The van der Waals surface area contributed by atoms with Crippen LogP contribution in [-0.2, 0) is 4.79 Å². The fraction of sp³-hybridized carbons (Fsp3) is 0.300. The highest BCUT2D eigenvalue weighted by atomic mass is 16.5. The summed E-state index contributed by atoms with van der Waals surface area (Å²) in [6.07, 6.45) is 4.38. The number of carbonyl (C=O) groups is 2. The molecule has 3 aromatic rings. The third kappa shape index (κ3) is 3.80. The first-order valence-electron chi connectivity index (χ1n) is 9.13. The molecule has 1 saturated heterocycles. The second kappa shape index (κ2) is 7.67. The van der Waals surface area contributed by atoms with Gasteiger partial charge in [-0.25, -0.2) is 4.98 Å². The van der Waals surface area contributed by atoms with Gasteiger partial charge in [0.1, 0.15) is 5.82 Å². The summed E-state index contributed by atoms with van der Waals surface area (Å²) < 4.78 is 10.4. The lowest BCUT2D eigenvalue weighted by Gasteiger charge is -2.30. The van der Waals surface area contributed by atoms with Crippen molar-refractivity contribution >= 4 is 17.6 Å². The van der Waals surface area contributed by atoms with Crippen LogP contribution in [0.15, 0.2) is 51.7 Å². The third-order valence-electron chi connectivity index (χ3n) is 4.81. The van der Waals surface area contributed by atoms with Crippen LogP contribution in [0.3, 0.4) is 0 Å². The van der Waals surface area contributed by atoms with Crippen molar-refractivity contribution in [2.45, 2.75) is 19.8 Å². The zero-order valence-corrected chi connectivity index (χ0v) is 15.4. The summed E-state index contributed by atoms with van der Waals surface area (Å²) in [5.74, 6) is 1.06. The summed E-state index contributed by atoms with van der Waals surface area (Å²) in [7, 11) is 0. The van der Waals surface area contributed by atoms with Crippen LogP contribution in [0.25, 0.3) is 11.5 Å². The number of hydrogen-bond donors (Lipinski definition) is 1. The number of furan rings is 1. The van der Waals surface area contributed by atoms with E-state index in [0.29, 0.717) is 43.3 Å². The fourth-order valence-electron chi connectivity index (χ4n) is 3.25. The van der Waals surface area contributed by atoms with Crippen molar-refractivity contribution in [2.75, 3.05) is 18.4 Å². The van der Waals surface area contributed by atoms with Gasteiger partial charge in [0.25, 0.3) is 5.91 Å². The largest absolute Gasteiger partial charge is 0.461 e. The van der Waals surface area contributed by atoms with Crippen LogP contribution in [0.1, 0.15) is 28.9 Å². The first-order valence-corrected chi connectivity index (χ1v) is 9.13. The Labute approximate surface area is 161 Å². The topological polar surface area (TPSA) is 101 Å². The van der Waals surface area contributed by atoms with Gasteiger partial charge in [-0.1, -0.05) is 5.16 Å². The van der Waals surface area contributed by atoms with Crippen LogP contribution in [0.2, 0.25) is 0 Å². The van der Waals surface area contributed by atoms with E-state index >= 15 is 0 Å². The molecule has 0 radical (unpaired) electrons. The number of rotatable bonds is 4. The summed E-state index contributed by atoms with van der Waals surface area (Å²) >= 11 is 0. The smallest absolute Gasteiger partial charge is 0.276 e. The highest BCUT2D eigenvalue weighted by Crippen LogP contribution is 2.24. The lowest BCUT2D eigenvalue weighted by atomic mass is 9.95. The molecule has 1 aliphatic rings. The summed E-state index contributed by atoms with van der Waals surface area (Å²) in [5, 5.41) is 6.71. The summed E-state index contributed by atoms with van der Waals surface area (Å²) in [6.45, 7) is 2.92. The van der Waals surface area contributed by atoms with Gasteiger partial charge in [-0.3, -0.25) is 9.59 Å². The van der Waals surface area contributed by atoms with Crippen molar-refractivity contribution in [1.29, 1.82) is 0 Å². The van der Waals surface area contributed by atoms with Crippen LogP contribution in [-0.4, -0.2) is 39.9 Å². The zero-order valence-electron chi connectivity index (χ0n) is 15.4. The molecule has 3 aromatic heterocycles. The van der Waals surface area contributed by atoms with E-state index in [9.17, 15) is 9.59 Å². The minimum atomic E-state index is -0.208. The maximum Gasteiger partial charge on any atom is 0.276 e. The number of pyridine rings is 1. The SMILES string of the molecule is Cc1ccnc(NC(=O)C2CCN(C(=O)c3cc(-c4ccco4)on3)CC2)c1. The molecule has 0 atom stereocenters. The number of aromatic nitrogens is 2. The summed E-state index contributed by atoms with van der Waals surface area (Å²) in [6, 6.07) is 8.76. The number of anilines is 1. The van der Waals surface area contributed by atoms with Gasteiger partial charge in [-0.2, -0.15) is 0 Å². The number of aryl methyl sites for hydroxylation is 1. The molecule has 4 heterocycles. The molecule has 0 bridgehead atoms. The maximum absolute atomic E-state index is 12.6. The van der Waals surface area contributed by atoms with Crippen LogP contribution in [0.4, 0.5) is 5.82 Å². The number of piperidine rings is 1. The van der Waals surface area contributed by atoms with Gasteiger partial charge in [0.05, 0.1) is 6.26 Å². The van der Waals surface area contributed by atoms with Crippen LogP contribution < -0.4 is 5.32 Å². The Morgan fingerprint density at radius 1 is 1.18 bits per heavy atom. The van der Waals surface area contributed by atoms with Crippen LogP contribution in [0, 0.1) is 12.8 Å². The standard InChI is InChI=1S/C20H20N4O4/c1-13-4-7-21-18(11-13)22-19(25)14-5-8-24(9-6-14)20(26)15-12-17(28-23-15)16-3-2-10-27-16/h2-4,7,10-12,14H,5-6,8-9H2,1H3,(H,21,22,25). The number of carbonyl (C=O) groups excluding carboxylic acids is 2. The molecule has 1 N–H and O–H groups in total. The molecule has 0 saturated carbocycles. The van der Waals surface area contributed by atoms with Gasteiger partial charge >= 0.3 is 0 Å². The normalized spacial score (nSPS) is 14.8. The molecule has 1 aliphatic heterocycles. The Hall–Kier alpha value is -3.42. The molecule has 28 heavy (non-hydrogen) atoms. The molecular formula is C20H20N4O4. The zero-order chi connectivity index (χ0) is 19.5. The number of hydrogen-bond acceptors (Lipinski definition) is 6. The van der Waals surface area contributed by atoms with E-state index in [1.54, 1.807) is 29.3 Å².